The van der Waals surface area contributed by atoms with Gasteiger partial charge in [0.05, 0.1) is 12.0 Å². The van der Waals surface area contributed by atoms with Gasteiger partial charge in [-0.15, -0.1) is 0 Å². The fraction of sp³-hybridized carbons (Fsp3) is 0.700. The summed E-state index contributed by atoms with van der Waals surface area (Å²) in [5, 5.41) is 9.96. The third-order valence-electron chi connectivity index (χ3n) is 2.87. The molecule has 1 fully saturated rings. The second-order valence-electron chi connectivity index (χ2n) is 3.95. The summed E-state index contributed by atoms with van der Waals surface area (Å²) in [6.07, 6.45) is 8.12. The Morgan fingerprint density at radius 3 is 2.77 bits per heavy atom. The molecule has 1 aliphatic carbocycles. The Balaban J connectivity index is 2.07. The largest absolute Gasteiger partial charge is 0.386 e. The molecule has 0 saturated heterocycles. The highest BCUT2D eigenvalue weighted by atomic mass is 16.3. The first-order chi connectivity index (χ1) is 6.27. The van der Waals surface area contributed by atoms with E-state index in [0.717, 1.165) is 18.5 Å². The van der Waals surface area contributed by atoms with Crippen LogP contribution in [0.25, 0.3) is 0 Å². The number of aromatic nitrogens is 2. The highest BCUT2D eigenvalue weighted by Crippen LogP contribution is 2.34. The number of hydrogen-bond donors (Lipinski definition) is 1. The molecule has 0 radical (unpaired) electrons. The van der Waals surface area contributed by atoms with Crippen molar-refractivity contribution in [3.63, 3.8) is 0 Å². The van der Waals surface area contributed by atoms with Gasteiger partial charge in [0.15, 0.2) is 0 Å². The van der Waals surface area contributed by atoms with Gasteiger partial charge in [-0.3, -0.25) is 0 Å². The third kappa shape index (κ3) is 1.75. The average Bonchev–Trinajstić information content (AvgIpc) is 2.72. The predicted octanol–water partition coefficient (Wildman–Crippen LogP) is 1.64. The smallest absolute Gasteiger partial charge is 0.100 e. The number of aliphatic hydroxyl groups excluding tert-OH is 1. The summed E-state index contributed by atoms with van der Waals surface area (Å²) in [5.41, 5.74) is 0.828. The summed E-state index contributed by atoms with van der Waals surface area (Å²) < 4.78 is 1.88. The molecule has 1 atom stereocenters. The van der Waals surface area contributed by atoms with Crippen LogP contribution in [0.4, 0.5) is 0 Å². The zero-order valence-corrected chi connectivity index (χ0v) is 7.98. The first-order valence-corrected chi connectivity index (χ1v) is 4.93. The van der Waals surface area contributed by atoms with Crippen molar-refractivity contribution in [1.29, 1.82) is 0 Å². The molecule has 1 aliphatic rings. The van der Waals surface area contributed by atoms with Gasteiger partial charge >= 0.3 is 0 Å². The van der Waals surface area contributed by atoms with E-state index in [4.69, 9.17) is 0 Å². The Hall–Kier alpha value is -0.830. The fourth-order valence-electron chi connectivity index (χ4n) is 2.10. The lowest BCUT2D eigenvalue weighted by molar-refractivity contribution is 0.108. The predicted molar refractivity (Wildman–Crippen MR) is 50.1 cm³/mol. The van der Waals surface area contributed by atoms with Crippen molar-refractivity contribution in [1.82, 2.24) is 9.55 Å². The summed E-state index contributed by atoms with van der Waals surface area (Å²) in [6.45, 7) is 0. The van der Waals surface area contributed by atoms with E-state index in [1.807, 2.05) is 17.8 Å². The van der Waals surface area contributed by atoms with E-state index in [1.54, 1.807) is 6.33 Å². The SMILES string of the molecule is Cn1cnc(C(O)C2CCCC2)c1. The molecule has 72 valence electrons. The lowest BCUT2D eigenvalue weighted by Crippen LogP contribution is -2.09. The van der Waals surface area contributed by atoms with Crippen LogP contribution in [-0.4, -0.2) is 14.7 Å². The summed E-state index contributed by atoms with van der Waals surface area (Å²) >= 11 is 0. The van der Waals surface area contributed by atoms with Crippen molar-refractivity contribution in [2.45, 2.75) is 31.8 Å². The molecule has 13 heavy (non-hydrogen) atoms. The first kappa shape index (κ1) is 8.75. The van der Waals surface area contributed by atoms with Crippen LogP contribution in [0.1, 0.15) is 37.5 Å². The van der Waals surface area contributed by atoms with Gasteiger partial charge in [0, 0.05) is 13.2 Å². The van der Waals surface area contributed by atoms with Crippen molar-refractivity contribution in [3.05, 3.63) is 18.2 Å². The van der Waals surface area contributed by atoms with E-state index in [-0.39, 0.29) is 6.10 Å². The van der Waals surface area contributed by atoms with Gasteiger partial charge in [0.25, 0.3) is 0 Å². The molecule has 0 bridgehead atoms. The topological polar surface area (TPSA) is 38.0 Å². The van der Waals surface area contributed by atoms with Gasteiger partial charge < -0.3 is 9.67 Å². The number of hydrogen-bond acceptors (Lipinski definition) is 2. The van der Waals surface area contributed by atoms with E-state index in [1.165, 1.54) is 12.8 Å². The maximum atomic E-state index is 9.96. The van der Waals surface area contributed by atoms with Crippen LogP contribution < -0.4 is 0 Å². The Morgan fingerprint density at radius 1 is 1.54 bits per heavy atom. The van der Waals surface area contributed by atoms with Gasteiger partial charge in [-0.1, -0.05) is 12.8 Å². The second-order valence-corrected chi connectivity index (χ2v) is 3.95. The van der Waals surface area contributed by atoms with Crippen molar-refractivity contribution in [3.8, 4) is 0 Å². The number of nitrogens with zero attached hydrogens (tertiary/aromatic N) is 2. The monoisotopic (exact) mass is 180 g/mol. The van der Waals surface area contributed by atoms with E-state index < -0.39 is 0 Å². The van der Waals surface area contributed by atoms with Gasteiger partial charge in [-0.05, 0) is 18.8 Å². The van der Waals surface area contributed by atoms with E-state index in [2.05, 4.69) is 4.98 Å². The van der Waals surface area contributed by atoms with Crippen LogP contribution in [0.5, 0.6) is 0 Å². The van der Waals surface area contributed by atoms with Crippen LogP contribution in [0.15, 0.2) is 12.5 Å². The number of imidazole rings is 1. The van der Waals surface area contributed by atoms with Gasteiger partial charge in [0.1, 0.15) is 6.10 Å². The lowest BCUT2D eigenvalue weighted by atomic mass is 9.99. The molecule has 1 aromatic heterocycles. The summed E-state index contributed by atoms with van der Waals surface area (Å²) in [7, 11) is 1.93. The maximum absolute atomic E-state index is 9.96. The molecular formula is C10H16N2O. The van der Waals surface area contributed by atoms with Crippen molar-refractivity contribution >= 4 is 0 Å². The third-order valence-corrected chi connectivity index (χ3v) is 2.87. The molecule has 3 nitrogen and oxygen atoms in total. The molecule has 2 rings (SSSR count). The molecule has 1 heterocycles. The summed E-state index contributed by atoms with van der Waals surface area (Å²) in [4.78, 5) is 4.17. The quantitative estimate of drug-likeness (QED) is 0.751. The summed E-state index contributed by atoms with van der Waals surface area (Å²) in [5.74, 6) is 0.440. The standard InChI is InChI=1S/C10H16N2O/c1-12-6-9(11-7-12)10(13)8-4-2-3-5-8/h6-8,10,13H,2-5H2,1H3. The highest BCUT2D eigenvalue weighted by molar-refractivity contribution is 5.02. The molecule has 1 unspecified atom stereocenters. The molecule has 1 saturated carbocycles. The molecule has 0 aliphatic heterocycles. The molecule has 0 aromatic carbocycles. The minimum atomic E-state index is -0.344. The van der Waals surface area contributed by atoms with Gasteiger partial charge in [0.2, 0.25) is 0 Å². The Morgan fingerprint density at radius 2 is 2.23 bits per heavy atom. The minimum Gasteiger partial charge on any atom is -0.386 e. The van der Waals surface area contributed by atoms with E-state index >= 15 is 0 Å². The number of aryl methyl sites for hydroxylation is 1. The highest BCUT2D eigenvalue weighted by Gasteiger charge is 2.25. The molecule has 0 spiro atoms. The zero-order chi connectivity index (χ0) is 9.26. The van der Waals surface area contributed by atoms with Crippen LogP contribution in [-0.2, 0) is 7.05 Å². The number of aliphatic hydroxyl groups is 1. The molecule has 3 heteroatoms. The first-order valence-electron chi connectivity index (χ1n) is 4.93. The minimum absolute atomic E-state index is 0.344. The maximum Gasteiger partial charge on any atom is 0.100 e. The fourth-order valence-corrected chi connectivity index (χ4v) is 2.10. The van der Waals surface area contributed by atoms with Gasteiger partial charge in [-0.25, -0.2) is 4.98 Å². The second kappa shape index (κ2) is 3.50. The van der Waals surface area contributed by atoms with Crippen LogP contribution in [0.2, 0.25) is 0 Å². The Bertz CT molecular complexity index is 276. The normalized spacial score (nSPS) is 20.8. The van der Waals surface area contributed by atoms with Crippen LogP contribution in [0, 0.1) is 5.92 Å². The Labute approximate surface area is 78.4 Å². The lowest BCUT2D eigenvalue weighted by Gasteiger charge is -2.14. The van der Waals surface area contributed by atoms with Crippen LogP contribution >= 0.6 is 0 Å². The molecule has 0 amide bonds. The van der Waals surface area contributed by atoms with Crippen molar-refractivity contribution in [2.24, 2.45) is 13.0 Å². The Kier molecular flexibility index (Phi) is 2.36. The van der Waals surface area contributed by atoms with Gasteiger partial charge in [-0.2, -0.15) is 0 Å². The summed E-state index contributed by atoms with van der Waals surface area (Å²) in [6, 6.07) is 0. The van der Waals surface area contributed by atoms with Crippen molar-refractivity contribution in [2.75, 3.05) is 0 Å². The van der Waals surface area contributed by atoms with E-state index in [9.17, 15) is 5.11 Å². The zero-order valence-electron chi connectivity index (χ0n) is 7.98. The van der Waals surface area contributed by atoms with Crippen molar-refractivity contribution < 1.29 is 5.11 Å². The number of rotatable bonds is 2. The van der Waals surface area contributed by atoms with Crippen LogP contribution in [0.3, 0.4) is 0 Å². The van der Waals surface area contributed by atoms with E-state index in [0.29, 0.717) is 5.92 Å². The molecule has 1 aromatic rings. The molecular weight excluding hydrogens is 164 g/mol. The average molecular weight is 180 g/mol. The molecule has 1 N–H and O–H groups in total.